The topological polar surface area (TPSA) is 207 Å². The van der Waals surface area contributed by atoms with Gasteiger partial charge in [-0.2, -0.15) is 0 Å². The average molecular weight is 815 g/mol. The number of benzene rings is 4. The Morgan fingerprint density at radius 3 is 1.05 bits per heavy atom. The molecule has 0 amide bonds. The lowest BCUT2D eigenvalue weighted by molar-refractivity contribution is 0.0686. The molecule has 0 atom stereocenters. The van der Waals surface area contributed by atoms with Gasteiger partial charge in [0.1, 0.15) is 0 Å². The molecule has 0 saturated heterocycles. The molecule has 0 unspecified atom stereocenters. The third kappa shape index (κ3) is 6.87. The second-order valence-electron chi connectivity index (χ2n) is 14.4. The molecule has 12 heteroatoms. The Morgan fingerprint density at radius 1 is 0.419 bits per heavy atom. The highest BCUT2D eigenvalue weighted by Crippen LogP contribution is 2.39. The first-order chi connectivity index (χ1) is 30.0. The van der Waals surface area contributed by atoms with E-state index in [9.17, 15) is 39.6 Å². The lowest BCUT2D eigenvalue weighted by Gasteiger charge is -2.08. The molecule has 298 valence electrons. The Labute approximate surface area is 351 Å². The van der Waals surface area contributed by atoms with Crippen LogP contribution in [0.15, 0.2) is 115 Å². The molecular formula is C50H30N4O8. The van der Waals surface area contributed by atoms with Crippen LogP contribution in [0.1, 0.15) is 69.8 Å². The summed E-state index contributed by atoms with van der Waals surface area (Å²) >= 11 is 0. The van der Waals surface area contributed by atoms with Crippen LogP contribution in [0.4, 0.5) is 0 Å². The molecule has 12 nitrogen and oxygen atoms in total. The monoisotopic (exact) mass is 814 g/mol. The van der Waals surface area contributed by atoms with Crippen LogP contribution in [0.2, 0.25) is 0 Å². The molecular weight excluding hydrogens is 785 g/mol. The predicted octanol–water partition coefficient (Wildman–Crippen LogP) is 10.1. The maximum atomic E-state index is 11.9. The largest absolute Gasteiger partial charge is 0.478 e. The molecule has 3 aromatic heterocycles. The molecule has 9 rings (SSSR count). The molecule has 62 heavy (non-hydrogen) atoms. The summed E-state index contributed by atoms with van der Waals surface area (Å²) in [5, 5.41) is 38.9. The number of hydrogen-bond donors (Lipinski definition) is 6. The standard InChI is InChI=1S/C50H30N4O8/c1-2-26-25-41-44(29-7-15-33(16-8-29)49(59)60)39-22-21-37(52-39)42(27-3-11-31(12-4-27)47(55)56)35-19-20-36(51-35)43(28-5-13-32(14-6-28)48(57)58)38-23-24-40(53-38)45(46(26)54-41)30-9-17-34(18-10-30)50(61)62/h1,3-25,51,54H,(H,55,56)(H,57,58)(H,59,60)(H,61,62). The van der Waals surface area contributed by atoms with Crippen LogP contribution in [-0.2, 0) is 0 Å². The van der Waals surface area contributed by atoms with Gasteiger partial charge in [-0.1, -0.05) is 54.5 Å². The number of H-pyrrole nitrogens is 2. The normalized spacial score (nSPS) is 11.6. The van der Waals surface area contributed by atoms with Crippen molar-refractivity contribution in [3.05, 3.63) is 166 Å². The number of carboxylic acids is 4. The Kier molecular flexibility index (Phi) is 9.46. The maximum Gasteiger partial charge on any atom is 0.335 e. The predicted molar refractivity (Wildman–Crippen MR) is 236 cm³/mol. The fourth-order valence-electron chi connectivity index (χ4n) is 7.73. The van der Waals surface area contributed by atoms with Gasteiger partial charge in [0.2, 0.25) is 0 Å². The molecule has 7 aromatic rings. The van der Waals surface area contributed by atoms with Gasteiger partial charge in [0.25, 0.3) is 0 Å². The lowest BCUT2D eigenvalue weighted by atomic mass is 10.0. The van der Waals surface area contributed by atoms with Gasteiger partial charge in [-0.05, 0) is 113 Å². The molecule has 0 radical (unpaired) electrons. The molecule has 0 spiro atoms. The van der Waals surface area contributed by atoms with Gasteiger partial charge in [-0.25, -0.2) is 29.1 Å². The number of hydrogen-bond acceptors (Lipinski definition) is 6. The number of carboxylic acid groups (broad SMARTS) is 4. The third-order valence-electron chi connectivity index (χ3n) is 10.7. The zero-order valence-corrected chi connectivity index (χ0v) is 32.2. The van der Waals surface area contributed by atoms with Crippen molar-refractivity contribution in [2.45, 2.75) is 0 Å². The van der Waals surface area contributed by atoms with Gasteiger partial charge in [0.15, 0.2) is 0 Å². The quantitative estimate of drug-likeness (QED) is 0.0800. The van der Waals surface area contributed by atoms with Crippen molar-refractivity contribution in [3.63, 3.8) is 0 Å². The SMILES string of the molecule is C#Cc1cc2[nH]c1c(-c1ccc(C(=O)O)cc1)c1nc(c(-c3ccc(C(=O)O)cc3)c3ccc([nH]3)c(-c3ccc(C(=O)O)cc3)c3nc(c2-c2ccc(C(=O)O)cc2)C=C3)C=C1. The fourth-order valence-corrected chi connectivity index (χ4v) is 7.73. The molecule has 0 fully saturated rings. The Hall–Kier alpha value is -9.08. The minimum Gasteiger partial charge on any atom is -0.478 e. The van der Waals surface area contributed by atoms with Crippen molar-refractivity contribution in [2.75, 3.05) is 0 Å². The molecule has 0 saturated carbocycles. The van der Waals surface area contributed by atoms with Crippen LogP contribution >= 0.6 is 0 Å². The van der Waals surface area contributed by atoms with E-state index in [1.165, 1.54) is 48.5 Å². The minimum absolute atomic E-state index is 0.0820. The van der Waals surface area contributed by atoms with Crippen molar-refractivity contribution in [2.24, 2.45) is 0 Å². The van der Waals surface area contributed by atoms with Crippen LogP contribution in [0, 0.1) is 12.3 Å². The third-order valence-corrected chi connectivity index (χ3v) is 10.7. The zero-order valence-electron chi connectivity index (χ0n) is 32.2. The van der Waals surface area contributed by atoms with E-state index in [2.05, 4.69) is 15.9 Å². The van der Waals surface area contributed by atoms with Crippen LogP contribution in [0.5, 0.6) is 0 Å². The van der Waals surface area contributed by atoms with Gasteiger partial charge in [-0.3, -0.25) is 0 Å². The molecule has 4 aromatic carbocycles. The van der Waals surface area contributed by atoms with Gasteiger partial charge >= 0.3 is 23.9 Å². The Balaban J connectivity index is 1.47. The summed E-state index contributed by atoms with van der Waals surface area (Å²) in [5.41, 5.74) is 10.1. The minimum atomic E-state index is -1.09. The number of nitrogens with one attached hydrogen (secondary N) is 2. The fraction of sp³-hybridized carbons (Fsp3) is 0. The number of terminal acetylenes is 1. The number of nitrogens with zero attached hydrogens (tertiary/aromatic N) is 2. The lowest BCUT2D eigenvalue weighted by Crippen LogP contribution is -1.96. The van der Waals surface area contributed by atoms with E-state index in [1.54, 1.807) is 54.6 Å². The first kappa shape index (κ1) is 38.4. The molecule has 5 heterocycles. The highest BCUT2D eigenvalue weighted by molar-refractivity contribution is 6.02. The smallest absolute Gasteiger partial charge is 0.335 e. The summed E-state index contributed by atoms with van der Waals surface area (Å²) in [6, 6.07) is 31.2. The number of aromatic carboxylic acids is 4. The second kappa shape index (κ2) is 15.3. The van der Waals surface area contributed by atoms with Gasteiger partial charge in [0.05, 0.1) is 56.1 Å². The first-order valence-electron chi connectivity index (χ1n) is 19.0. The molecule has 8 bridgehead atoms. The number of fused-ring (bicyclic) bond motifs is 8. The molecule has 6 N–H and O–H groups in total. The number of aromatic amines is 2. The van der Waals surface area contributed by atoms with Crippen molar-refractivity contribution in [3.8, 4) is 56.9 Å². The van der Waals surface area contributed by atoms with E-state index in [4.69, 9.17) is 16.4 Å². The van der Waals surface area contributed by atoms with E-state index in [-0.39, 0.29) is 22.3 Å². The van der Waals surface area contributed by atoms with Crippen molar-refractivity contribution < 1.29 is 39.6 Å². The molecule has 0 aliphatic carbocycles. The van der Waals surface area contributed by atoms with E-state index >= 15 is 0 Å². The van der Waals surface area contributed by atoms with E-state index in [0.717, 1.165) is 0 Å². The molecule has 2 aliphatic heterocycles. The first-order valence-corrected chi connectivity index (χ1v) is 19.0. The number of carbonyl (C=O) groups is 4. The van der Waals surface area contributed by atoms with E-state index in [0.29, 0.717) is 94.9 Å². The van der Waals surface area contributed by atoms with Crippen LogP contribution in [0.25, 0.3) is 90.9 Å². The highest BCUT2D eigenvalue weighted by Gasteiger charge is 2.21. The highest BCUT2D eigenvalue weighted by atomic mass is 16.4. The van der Waals surface area contributed by atoms with E-state index in [1.807, 2.05) is 36.4 Å². The van der Waals surface area contributed by atoms with Crippen LogP contribution in [-0.4, -0.2) is 64.2 Å². The van der Waals surface area contributed by atoms with Crippen molar-refractivity contribution in [1.82, 2.24) is 19.9 Å². The van der Waals surface area contributed by atoms with Crippen molar-refractivity contribution >= 4 is 70.2 Å². The average Bonchev–Trinajstić information content (AvgIpc) is 4.12. The number of rotatable bonds is 8. The van der Waals surface area contributed by atoms with Gasteiger partial charge in [0, 0.05) is 38.8 Å². The summed E-state index contributed by atoms with van der Waals surface area (Å²) in [6.45, 7) is 0. The number of aromatic nitrogens is 4. The van der Waals surface area contributed by atoms with Crippen LogP contribution in [0.3, 0.4) is 0 Å². The Bertz CT molecular complexity index is 3330. The zero-order chi connectivity index (χ0) is 43.2. The Morgan fingerprint density at radius 2 is 0.726 bits per heavy atom. The summed E-state index contributed by atoms with van der Waals surface area (Å²) in [6.07, 6.45) is 13.6. The van der Waals surface area contributed by atoms with Gasteiger partial charge in [-0.15, -0.1) is 6.42 Å². The van der Waals surface area contributed by atoms with Crippen LogP contribution < -0.4 is 0 Å². The van der Waals surface area contributed by atoms with E-state index < -0.39 is 23.9 Å². The summed E-state index contributed by atoms with van der Waals surface area (Å²) in [4.78, 5) is 65.0. The maximum absolute atomic E-state index is 11.9. The summed E-state index contributed by atoms with van der Waals surface area (Å²) in [7, 11) is 0. The second-order valence-corrected chi connectivity index (χ2v) is 14.4. The summed E-state index contributed by atoms with van der Waals surface area (Å²) in [5.74, 6) is -1.53. The molecule has 2 aliphatic rings. The van der Waals surface area contributed by atoms with Gasteiger partial charge < -0.3 is 30.4 Å². The van der Waals surface area contributed by atoms with Crippen molar-refractivity contribution in [1.29, 1.82) is 0 Å². The summed E-state index contributed by atoms with van der Waals surface area (Å²) < 4.78 is 0.